The van der Waals surface area contributed by atoms with Gasteiger partial charge in [0.15, 0.2) is 6.29 Å². The fourth-order valence-electron chi connectivity index (χ4n) is 2.37. The van der Waals surface area contributed by atoms with Gasteiger partial charge in [-0.25, -0.2) is 0 Å². The molecule has 2 rings (SSSR count). The van der Waals surface area contributed by atoms with Gasteiger partial charge < -0.3 is 14.8 Å². The van der Waals surface area contributed by atoms with Crippen molar-refractivity contribution in [1.29, 1.82) is 0 Å². The molecule has 3 unspecified atom stereocenters. The molecule has 0 bridgehead atoms. The van der Waals surface area contributed by atoms with Crippen LogP contribution in [0.4, 0.5) is 0 Å². The molecule has 0 aliphatic heterocycles. The molecule has 0 aromatic heterocycles. The minimum atomic E-state index is -0.174. The molecular formula is C14H21NO2. The number of benzene rings is 1. The van der Waals surface area contributed by atoms with Gasteiger partial charge in [-0.2, -0.15) is 0 Å². The van der Waals surface area contributed by atoms with Crippen LogP contribution in [0.1, 0.15) is 24.8 Å². The second-order valence-electron chi connectivity index (χ2n) is 4.65. The number of hydrogen-bond acceptors (Lipinski definition) is 3. The van der Waals surface area contributed by atoms with Gasteiger partial charge in [0.05, 0.1) is 6.04 Å². The molecule has 1 fully saturated rings. The van der Waals surface area contributed by atoms with Crippen molar-refractivity contribution in [1.82, 2.24) is 5.32 Å². The Labute approximate surface area is 103 Å². The second kappa shape index (κ2) is 5.63. The van der Waals surface area contributed by atoms with Crippen LogP contribution < -0.4 is 5.32 Å². The van der Waals surface area contributed by atoms with E-state index in [1.54, 1.807) is 14.2 Å². The van der Waals surface area contributed by atoms with E-state index in [1.807, 2.05) is 0 Å². The standard InChI is InChI=1S/C14H21NO2/c1-10(14(16-2)17-3)15-13-9-12(13)11-7-5-4-6-8-11/h4-8,10,12-15H,9H2,1-3H3. The molecule has 0 amide bonds. The zero-order valence-electron chi connectivity index (χ0n) is 10.7. The highest BCUT2D eigenvalue weighted by Crippen LogP contribution is 2.40. The third-order valence-electron chi connectivity index (χ3n) is 3.37. The van der Waals surface area contributed by atoms with Crippen LogP contribution in [-0.2, 0) is 9.47 Å². The Morgan fingerprint density at radius 3 is 2.41 bits per heavy atom. The van der Waals surface area contributed by atoms with Gasteiger partial charge in [-0.1, -0.05) is 30.3 Å². The predicted molar refractivity (Wildman–Crippen MR) is 68.0 cm³/mol. The van der Waals surface area contributed by atoms with Crippen LogP contribution in [0.25, 0.3) is 0 Å². The van der Waals surface area contributed by atoms with E-state index in [9.17, 15) is 0 Å². The van der Waals surface area contributed by atoms with Gasteiger partial charge in [0.2, 0.25) is 0 Å². The van der Waals surface area contributed by atoms with E-state index in [2.05, 4.69) is 42.6 Å². The monoisotopic (exact) mass is 235 g/mol. The van der Waals surface area contributed by atoms with E-state index < -0.39 is 0 Å². The lowest BCUT2D eigenvalue weighted by atomic mass is 10.1. The Balaban J connectivity index is 1.84. The summed E-state index contributed by atoms with van der Waals surface area (Å²) < 4.78 is 10.5. The first-order valence-corrected chi connectivity index (χ1v) is 6.13. The summed E-state index contributed by atoms with van der Waals surface area (Å²) in [5.41, 5.74) is 1.42. The van der Waals surface area contributed by atoms with Crippen molar-refractivity contribution in [3.8, 4) is 0 Å². The van der Waals surface area contributed by atoms with Crippen LogP contribution in [0.3, 0.4) is 0 Å². The van der Waals surface area contributed by atoms with Gasteiger partial charge in [-0.15, -0.1) is 0 Å². The molecule has 1 aromatic rings. The van der Waals surface area contributed by atoms with Crippen LogP contribution in [-0.4, -0.2) is 32.6 Å². The Kier molecular flexibility index (Phi) is 4.15. The van der Waals surface area contributed by atoms with Crippen molar-refractivity contribution >= 4 is 0 Å². The van der Waals surface area contributed by atoms with Gasteiger partial charge in [0.25, 0.3) is 0 Å². The lowest BCUT2D eigenvalue weighted by Crippen LogP contribution is -2.41. The van der Waals surface area contributed by atoms with Crippen LogP contribution in [0.5, 0.6) is 0 Å². The average Bonchev–Trinajstić information content (AvgIpc) is 3.11. The number of nitrogens with one attached hydrogen (secondary N) is 1. The predicted octanol–water partition coefficient (Wildman–Crippen LogP) is 2.14. The lowest BCUT2D eigenvalue weighted by Gasteiger charge is -2.22. The first-order valence-electron chi connectivity index (χ1n) is 6.13. The molecule has 1 saturated carbocycles. The summed E-state index contributed by atoms with van der Waals surface area (Å²) in [6.07, 6.45) is 1.03. The second-order valence-corrected chi connectivity index (χ2v) is 4.65. The lowest BCUT2D eigenvalue weighted by molar-refractivity contribution is -0.119. The maximum atomic E-state index is 5.25. The smallest absolute Gasteiger partial charge is 0.171 e. The summed E-state index contributed by atoms with van der Waals surface area (Å²) in [7, 11) is 3.35. The van der Waals surface area contributed by atoms with Crippen molar-refractivity contribution < 1.29 is 9.47 Å². The van der Waals surface area contributed by atoms with Crippen molar-refractivity contribution in [2.75, 3.05) is 14.2 Å². The van der Waals surface area contributed by atoms with E-state index in [1.165, 1.54) is 12.0 Å². The fourth-order valence-corrected chi connectivity index (χ4v) is 2.37. The molecular weight excluding hydrogens is 214 g/mol. The molecule has 1 aliphatic rings. The summed E-state index contributed by atoms with van der Waals surface area (Å²) in [4.78, 5) is 0. The summed E-state index contributed by atoms with van der Waals surface area (Å²) in [5, 5.41) is 3.55. The Morgan fingerprint density at radius 1 is 1.18 bits per heavy atom. The summed E-state index contributed by atoms with van der Waals surface area (Å²) in [5.74, 6) is 0.646. The number of methoxy groups -OCH3 is 2. The van der Waals surface area contributed by atoms with E-state index in [0.717, 1.165) is 0 Å². The number of ether oxygens (including phenoxy) is 2. The van der Waals surface area contributed by atoms with Crippen LogP contribution in [0, 0.1) is 0 Å². The van der Waals surface area contributed by atoms with Gasteiger partial charge in [-0.05, 0) is 18.9 Å². The highest BCUT2D eigenvalue weighted by atomic mass is 16.7. The van der Waals surface area contributed by atoms with Crippen molar-refractivity contribution in [2.24, 2.45) is 0 Å². The van der Waals surface area contributed by atoms with Gasteiger partial charge in [0.1, 0.15) is 0 Å². The molecule has 1 aromatic carbocycles. The molecule has 0 radical (unpaired) electrons. The van der Waals surface area contributed by atoms with Crippen molar-refractivity contribution in [3.63, 3.8) is 0 Å². The Bertz CT molecular complexity index is 337. The first kappa shape index (κ1) is 12.6. The van der Waals surface area contributed by atoms with Crippen LogP contribution >= 0.6 is 0 Å². The van der Waals surface area contributed by atoms with Crippen molar-refractivity contribution in [3.05, 3.63) is 35.9 Å². The van der Waals surface area contributed by atoms with Crippen LogP contribution in [0.15, 0.2) is 30.3 Å². The molecule has 94 valence electrons. The van der Waals surface area contributed by atoms with E-state index >= 15 is 0 Å². The fraction of sp³-hybridized carbons (Fsp3) is 0.571. The first-order chi connectivity index (χ1) is 8.26. The maximum absolute atomic E-state index is 5.25. The molecule has 3 heteroatoms. The Hall–Kier alpha value is -0.900. The molecule has 0 spiro atoms. The highest BCUT2D eigenvalue weighted by Gasteiger charge is 2.39. The largest absolute Gasteiger partial charge is 0.354 e. The molecule has 3 atom stereocenters. The molecule has 1 aliphatic carbocycles. The normalized spacial score (nSPS) is 24.9. The summed E-state index contributed by atoms with van der Waals surface area (Å²) >= 11 is 0. The Morgan fingerprint density at radius 2 is 1.82 bits per heavy atom. The van der Waals surface area contributed by atoms with Gasteiger partial charge in [-0.3, -0.25) is 0 Å². The maximum Gasteiger partial charge on any atom is 0.171 e. The van der Waals surface area contributed by atoms with Gasteiger partial charge >= 0.3 is 0 Å². The topological polar surface area (TPSA) is 30.5 Å². The molecule has 17 heavy (non-hydrogen) atoms. The van der Waals surface area contributed by atoms with E-state index in [0.29, 0.717) is 12.0 Å². The van der Waals surface area contributed by atoms with Crippen molar-refractivity contribution in [2.45, 2.75) is 37.6 Å². The zero-order chi connectivity index (χ0) is 12.3. The molecule has 0 saturated heterocycles. The minimum absolute atomic E-state index is 0.174. The average molecular weight is 235 g/mol. The number of hydrogen-bond donors (Lipinski definition) is 1. The quantitative estimate of drug-likeness (QED) is 0.766. The third kappa shape index (κ3) is 3.06. The van der Waals surface area contributed by atoms with Crippen LogP contribution in [0.2, 0.25) is 0 Å². The third-order valence-corrected chi connectivity index (χ3v) is 3.37. The molecule has 3 nitrogen and oxygen atoms in total. The highest BCUT2D eigenvalue weighted by molar-refractivity contribution is 5.27. The molecule has 0 heterocycles. The zero-order valence-corrected chi connectivity index (χ0v) is 10.7. The van der Waals surface area contributed by atoms with Gasteiger partial charge in [0, 0.05) is 26.2 Å². The minimum Gasteiger partial charge on any atom is -0.354 e. The summed E-state index contributed by atoms with van der Waals surface area (Å²) in [6, 6.07) is 11.4. The summed E-state index contributed by atoms with van der Waals surface area (Å²) in [6.45, 7) is 2.10. The van der Waals surface area contributed by atoms with E-state index in [4.69, 9.17) is 9.47 Å². The van der Waals surface area contributed by atoms with E-state index in [-0.39, 0.29) is 12.3 Å². The number of rotatable bonds is 6. The SMILES string of the molecule is COC(OC)C(C)NC1CC1c1ccccc1. The molecule has 1 N–H and O–H groups in total.